The van der Waals surface area contributed by atoms with E-state index in [1.54, 1.807) is 11.1 Å². The first-order valence-electron chi connectivity index (χ1n) is 6.92. The summed E-state index contributed by atoms with van der Waals surface area (Å²) in [5.74, 6) is 0. The molecule has 1 aromatic carbocycles. The van der Waals surface area contributed by atoms with Crippen LogP contribution in [0.3, 0.4) is 0 Å². The molecule has 2 aliphatic rings. The molecule has 0 amide bonds. The van der Waals surface area contributed by atoms with Crippen molar-refractivity contribution >= 4 is 0 Å². The lowest BCUT2D eigenvalue weighted by Gasteiger charge is -2.40. The molecule has 1 aromatic rings. The molecule has 0 saturated carbocycles. The predicted molar refractivity (Wildman–Crippen MR) is 70.9 cm³/mol. The van der Waals surface area contributed by atoms with E-state index in [0.29, 0.717) is 12.1 Å². The minimum atomic E-state index is 0.387. The zero-order valence-electron chi connectivity index (χ0n) is 10.4. The highest BCUT2D eigenvalue weighted by Gasteiger charge is 2.28. The Labute approximate surface area is 104 Å². The monoisotopic (exact) mass is 230 g/mol. The number of aryl methyl sites for hydroxylation is 1. The van der Waals surface area contributed by atoms with Gasteiger partial charge in [-0.1, -0.05) is 24.3 Å². The number of fused-ring (bicyclic) bond motifs is 1. The lowest BCUT2D eigenvalue weighted by molar-refractivity contribution is 0.136. The van der Waals surface area contributed by atoms with Gasteiger partial charge in [-0.15, -0.1) is 0 Å². The van der Waals surface area contributed by atoms with Crippen LogP contribution < -0.4 is 5.73 Å². The maximum absolute atomic E-state index is 6.11. The largest absolute Gasteiger partial charge is 0.327 e. The van der Waals surface area contributed by atoms with Gasteiger partial charge < -0.3 is 5.73 Å². The SMILES string of the molecule is NC1CCCN(C2CCCc3ccccc32)C1. The third-order valence-electron chi connectivity index (χ3n) is 4.27. The molecule has 2 heteroatoms. The Kier molecular flexibility index (Phi) is 3.17. The van der Waals surface area contributed by atoms with Gasteiger partial charge in [-0.25, -0.2) is 0 Å². The topological polar surface area (TPSA) is 29.3 Å². The van der Waals surface area contributed by atoms with Crippen molar-refractivity contribution in [2.45, 2.75) is 44.2 Å². The standard InChI is InChI=1S/C15H22N2/c16-13-7-4-10-17(11-13)15-9-3-6-12-5-1-2-8-14(12)15/h1-2,5,8,13,15H,3-4,6-7,9-11,16H2. The van der Waals surface area contributed by atoms with Crippen LogP contribution in [0.4, 0.5) is 0 Å². The molecular formula is C15H22N2. The van der Waals surface area contributed by atoms with E-state index in [1.807, 2.05) is 0 Å². The number of hydrogen-bond acceptors (Lipinski definition) is 2. The molecule has 2 atom stereocenters. The predicted octanol–water partition coefficient (Wildman–Crippen LogP) is 2.49. The summed E-state index contributed by atoms with van der Waals surface area (Å²) in [6.07, 6.45) is 6.36. The molecule has 0 spiro atoms. The Morgan fingerprint density at radius 3 is 2.88 bits per heavy atom. The van der Waals surface area contributed by atoms with E-state index in [4.69, 9.17) is 5.73 Å². The second-order valence-electron chi connectivity index (χ2n) is 5.50. The van der Waals surface area contributed by atoms with Crippen LogP contribution in [-0.4, -0.2) is 24.0 Å². The van der Waals surface area contributed by atoms with E-state index >= 15 is 0 Å². The van der Waals surface area contributed by atoms with Gasteiger partial charge in [-0.2, -0.15) is 0 Å². The summed E-state index contributed by atoms with van der Waals surface area (Å²) in [5.41, 5.74) is 9.23. The molecule has 92 valence electrons. The molecule has 1 saturated heterocycles. The molecule has 17 heavy (non-hydrogen) atoms. The van der Waals surface area contributed by atoms with E-state index in [-0.39, 0.29) is 0 Å². The normalized spacial score (nSPS) is 29.9. The summed E-state index contributed by atoms with van der Waals surface area (Å²) in [6, 6.07) is 9.98. The first-order valence-corrected chi connectivity index (χ1v) is 6.92. The van der Waals surface area contributed by atoms with E-state index in [0.717, 1.165) is 6.54 Å². The summed E-state index contributed by atoms with van der Waals surface area (Å²) in [7, 11) is 0. The highest BCUT2D eigenvalue weighted by molar-refractivity contribution is 5.32. The van der Waals surface area contributed by atoms with Gasteiger partial charge in [0.25, 0.3) is 0 Å². The smallest absolute Gasteiger partial charge is 0.0351 e. The van der Waals surface area contributed by atoms with E-state index in [9.17, 15) is 0 Å². The third kappa shape index (κ3) is 2.24. The van der Waals surface area contributed by atoms with Crippen molar-refractivity contribution in [2.24, 2.45) is 5.73 Å². The molecule has 1 aliphatic heterocycles. The molecule has 2 nitrogen and oxygen atoms in total. The lowest BCUT2D eigenvalue weighted by atomic mass is 9.86. The Balaban J connectivity index is 1.84. The van der Waals surface area contributed by atoms with Gasteiger partial charge in [0.15, 0.2) is 0 Å². The Hall–Kier alpha value is -0.860. The average Bonchev–Trinajstić information content (AvgIpc) is 2.38. The van der Waals surface area contributed by atoms with Crippen LogP contribution in [0.1, 0.15) is 42.9 Å². The second kappa shape index (κ2) is 4.79. The van der Waals surface area contributed by atoms with Crippen molar-refractivity contribution in [2.75, 3.05) is 13.1 Å². The maximum atomic E-state index is 6.11. The van der Waals surface area contributed by atoms with Crippen molar-refractivity contribution in [1.29, 1.82) is 0 Å². The minimum Gasteiger partial charge on any atom is -0.327 e. The zero-order chi connectivity index (χ0) is 11.7. The van der Waals surface area contributed by atoms with Crippen molar-refractivity contribution in [3.8, 4) is 0 Å². The molecule has 0 radical (unpaired) electrons. The van der Waals surface area contributed by atoms with Crippen molar-refractivity contribution < 1.29 is 0 Å². The molecule has 1 fully saturated rings. The maximum Gasteiger partial charge on any atom is 0.0351 e. The van der Waals surface area contributed by atoms with Gasteiger partial charge in [0.1, 0.15) is 0 Å². The van der Waals surface area contributed by atoms with Crippen LogP contribution in [0.5, 0.6) is 0 Å². The summed E-state index contributed by atoms with van der Waals surface area (Å²) < 4.78 is 0. The molecule has 3 rings (SSSR count). The number of hydrogen-bond donors (Lipinski definition) is 1. The van der Waals surface area contributed by atoms with Gasteiger partial charge in [0.05, 0.1) is 0 Å². The van der Waals surface area contributed by atoms with Crippen LogP contribution in [0.2, 0.25) is 0 Å². The summed E-state index contributed by atoms with van der Waals surface area (Å²) in [6.45, 7) is 2.31. The summed E-state index contributed by atoms with van der Waals surface area (Å²) in [5, 5.41) is 0. The molecule has 1 aliphatic carbocycles. The summed E-state index contributed by atoms with van der Waals surface area (Å²) >= 11 is 0. The van der Waals surface area contributed by atoms with Crippen LogP contribution in [0, 0.1) is 0 Å². The molecule has 0 bridgehead atoms. The lowest BCUT2D eigenvalue weighted by Crippen LogP contribution is -2.45. The number of benzene rings is 1. The molecule has 2 N–H and O–H groups in total. The van der Waals surface area contributed by atoms with Gasteiger partial charge in [0, 0.05) is 18.6 Å². The fourth-order valence-corrected chi connectivity index (χ4v) is 3.43. The van der Waals surface area contributed by atoms with E-state index < -0.39 is 0 Å². The van der Waals surface area contributed by atoms with Crippen LogP contribution in [-0.2, 0) is 6.42 Å². The van der Waals surface area contributed by atoms with Gasteiger partial charge in [0.2, 0.25) is 0 Å². The Bertz CT molecular complexity index is 388. The van der Waals surface area contributed by atoms with Crippen LogP contribution in [0.15, 0.2) is 24.3 Å². The summed E-state index contributed by atoms with van der Waals surface area (Å²) in [4.78, 5) is 2.62. The molecular weight excluding hydrogens is 208 g/mol. The quantitative estimate of drug-likeness (QED) is 0.803. The molecule has 1 heterocycles. The minimum absolute atomic E-state index is 0.387. The zero-order valence-corrected chi connectivity index (χ0v) is 10.4. The van der Waals surface area contributed by atoms with Crippen molar-refractivity contribution in [3.05, 3.63) is 35.4 Å². The van der Waals surface area contributed by atoms with Gasteiger partial charge in [-0.05, 0) is 49.8 Å². The Morgan fingerprint density at radius 2 is 2.00 bits per heavy atom. The number of piperidine rings is 1. The second-order valence-corrected chi connectivity index (χ2v) is 5.50. The molecule has 2 unspecified atom stereocenters. The highest BCUT2D eigenvalue weighted by Crippen LogP contribution is 2.35. The molecule has 0 aromatic heterocycles. The fourth-order valence-electron chi connectivity index (χ4n) is 3.43. The highest BCUT2D eigenvalue weighted by atomic mass is 15.2. The fraction of sp³-hybridized carbons (Fsp3) is 0.600. The van der Waals surface area contributed by atoms with E-state index in [1.165, 1.54) is 38.6 Å². The third-order valence-corrected chi connectivity index (χ3v) is 4.27. The number of nitrogens with two attached hydrogens (primary N) is 1. The number of nitrogens with zero attached hydrogens (tertiary/aromatic N) is 1. The van der Waals surface area contributed by atoms with Crippen molar-refractivity contribution in [1.82, 2.24) is 4.90 Å². The first-order chi connectivity index (χ1) is 8.34. The number of rotatable bonds is 1. The van der Waals surface area contributed by atoms with Crippen LogP contribution >= 0.6 is 0 Å². The van der Waals surface area contributed by atoms with Gasteiger partial charge in [-0.3, -0.25) is 4.90 Å². The van der Waals surface area contributed by atoms with Crippen LogP contribution in [0.25, 0.3) is 0 Å². The van der Waals surface area contributed by atoms with Gasteiger partial charge >= 0.3 is 0 Å². The Morgan fingerprint density at radius 1 is 1.12 bits per heavy atom. The van der Waals surface area contributed by atoms with E-state index in [2.05, 4.69) is 29.2 Å². The number of likely N-dealkylation sites (tertiary alicyclic amines) is 1. The first kappa shape index (κ1) is 11.2. The average molecular weight is 230 g/mol. The van der Waals surface area contributed by atoms with Crippen molar-refractivity contribution in [3.63, 3.8) is 0 Å².